The Kier molecular flexibility index (Phi) is 5.50. The zero-order chi connectivity index (χ0) is 19.5. The molecule has 28 heavy (non-hydrogen) atoms. The highest BCUT2D eigenvalue weighted by atomic mass is 79.9. The minimum atomic E-state index is 1.03. The van der Waals surface area contributed by atoms with Crippen LogP contribution in [0.5, 0.6) is 0 Å². The van der Waals surface area contributed by atoms with E-state index >= 15 is 0 Å². The third-order valence-corrected chi connectivity index (χ3v) is 6.05. The highest BCUT2D eigenvalue weighted by Crippen LogP contribution is 2.34. The van der Waals surface area contributed by atoms with Crippen LogP contribution < -0.4 is 4.90 Å². The minimum Gasteiger partial charge on any atom is -0.372 e. The van der Waals surface area contributed by atoms with Gasteiger partial charge in [0.05, 0.1) is 0 Å². The van der Waals surface area contributed by atoms with Gasteiger partial charge in [0.2, 0.25) is 0 Å². The van der Waals surface area contributed by atoms with Crippen molar-refractivity contribution in [2.24, 2.45) is 0 Å². The van der Waals surface area contributed by atoms with Crippen molar-refractivity contribution >= 4 is 55.3 Å². The second kappa shape index (κ2) is 8.20. The molecule has 0 amide bonds. The average molecular weight is 430 g/mol. The number of nitrogens with zero attached hydrogens (tertiary/aromatic N) is 1. The number of fused-ring (bicyclic) bond motifs is 2. The number of hydrogen-bond acceptors (Lipinski definition) is 1. The number of halogens is 1. The number of benzene rings is 4. The molecule has 0 aliphatic rings. The lowest BCUT2D eigenvalue weighted by Gasteiger charge is -2.20. The van der Waals surface area contributed by atoms with E-state index in [0.29, 0.717) is 0 Å². The fourth-order valence-corrected chi connectivity index (χ4v) is 4.31. The van der Waals surface area contributed by atoms with Crippen LogP contribution in [-0.2, 0) is 0 Å². The Morgan fingerprint density at radius 3 is 2.21 bits per heavy atom. The molecule has 2 heteroatoms. The summed E-state index contributed by atoms with van der Waals surface area (Å²) in [5.41, 5.74) is 3.76. The van der Waals surface area contributed by atoms with E-state index < -0.39 is 0 Å². The van der Waals surface area contributed by atoms with Gasteiger partial charge in [-0.1, -0.05) is 76.6 Å². The summed E-state index contributed by atoms with van der Waals surface area (Å²) in [4.78, 5) is 2.36. The van der Waals surface area contributed by atoms with Crippen molar-refractivity contribution in [3.05, 3.63) is 88.4 Å². The Hall–Kier alpha value is -2.58. The monoisotopic (exact) mass is 429 g/mol. The van der Waals surface area contributed by atoms with E-state index in [-0.39, 0.29) is 0 Å². The van der Waals surface area contributed by atoms with E-state index in [1.54, 1.807) is 0 Å². The van der Waals surface area contributed by atoms with Crippen LogP contribution in [0.15, 0.2) is 77.3 Å². The summed E-state index contributed by atoms with van der Waals surface area (Å²) < 4.78 is 1.13. The van der Waals surface area contributed by atoms with Gasteiger partial charge in [-0.3, -0.25) is 0 Å². The number of rotatable bonds is 5. The third kappa shape index (κ3) is 3.57. The summed E-state index contributed by atoms with van der Waals surface area (Å²) in [6.07, 6.45) is 4.47. The van der Waals surface area contributed by atoms with Gasteiger partial charge >= 0.3 is 0 Å². The van der Waals surface area contributed by atoms with Gasteiger partial charge in [0, 0.05) is 23.2 Å². The van der Waals surface area contributed by atoms with E-state index in [1.807, 2.05) is 0 Å². The van der Waals surface area contributed by atoms with E-state index in [2.05, 4.69) is 120 Å². The highest BCUT2D eigenvalue weighted by Gasteiger charge is 2.07. The topological polar surface area (TPSA) is 3.24 Å². The second-order valence-corrected chi connectivity index (χ2v) is 7.80. The summed E-state index contributed by atoms with van der Waals surface area (Å²) in [5.74, 6) is 0. The first-order chi connectivity index (χ1) is 13.7. The molecular formula is C26H24BrN. The molecule has 0 heterocycles. The van der Waals surface area contributed by atoms with Crippen LogP contribution in [0, 0.1) is 0 Å². The molecule has 0 atom stereocenters. The molecule has 0 fully saturated rings. The molecule has 4 aromatic rings. The fraction of sp³-hybridized carbons (Fsp3) is 0.154. The summed E-state index contributed by atoms with van der Waals surface area (Å²) in [6, 6.07) is 26.1. The molecule has 1 nitrogen and oxygen atoms in total. The normalized spacial score (nSPS) is 11.5. The first-order valence-electron chi connectivity index (χ1n) is 9.84. The Bertz CT molecular complexity index is 1140. The Morgan fingerprint density at radius 2 is 1.46 bits per heavy atom. The van der Waals surface area contributed by atoms with Crippen molar-refractivity contribution in [2.75, 3.05) is 18.0 Å². The molecule has 0 saturated heterocycles. The molecule has 0 spiro atoms. The third-order valence-electron chi connectivity index (χ3n) is 5.36. The van der Waals surface area contributed by atoms with E-state index in [0.717, 1.165) is 17.6 Å². The van der Waals surface area contributed by atoms with Crippen molar-refractivity contribution in [3.8, 4) is 0 Å². The standard InChI is InChI=1S/C26H24BrN/c1-3-28(4-2)21-15-12-19(13-16-21)14-17-24-22-9-6-5-8-20(22)18-25-23(24)10-7-11-26(25)27/h5-18H,3-4H2,1-2H3. The largest absolute Gasteiger partial charge is 0.372 e. The zero-order valence-corrected chi connectivity index (χ0v) is 17.9. The minimum absolute atomic E-state index is 1.03. The molecule has 0 radical (unpaired) electrons. The van der Waals surface area contributed by atoms with Crippen LogP contribution >= 0.6 is 15.9 Å². The molecule has 0 aliphatic carbocycles. The van der Waals surface area contributed by atoms with Gasteiger partial charge in [0.15, 0.2) is 0 Å². The molecule has 0 aromatic heterocycles. The van der Waals surface area contributed by atoms with Crippen molar-refractivity contribution in [1.29, 1.82) is 0 Å². The first kappa shape index (κ1) is 18.8. The molecular weight excluding hydrogens is 406 g/mol. The van der Waals surface area contributed by atoms with Gasteiger partial charge in [-0.05, 0) is 70.8 Å². The lowest BCUT2D eigenvalue weighted by molar-refractivity contribution is 0.866. The van der Waals surface area contributed by atoms with Crippen LogP contribution in [0.25, 0.3) is 33.7 Å². The Labute approximate surface area is 175 Å². The van der Waals surface area contributed by atoms with Gasteiger partial charge in [-0.25, -0.2) is 0 Å². The maximum atomic E-state index is 3.72. The second-order valence-electron chi connectivity index (χ2n) is 6.94. The van der Waals surface area contributed by atoms with Gasteiger partial charge < -0.3 is 4.90 Å². The number of anilines is 1. The predicted molar refractivity (Wildman–Crippen MR) is 128 cm³/mol. The van der Waals surface area contributed by atoms with Crippen LogP contribution in [0.4, 0.5) is 5.69 Å². The van der Waals surface area contributed by atoms with Gasteiger partial charge in [0.1, 0.15) is 0 Å². The van der Waals surface area contributed by atoms with Crippen LogP contribution in [0.2, 0.25) is 0 Å². The SMILES string of the molecule is CCN(CC)c1ccc(C=Cc2c3ccccc3cc3c(Br)cccc23)cc1. The molecule has 4 rings (SSSR count). The predicted octanol–water partition coefficient (Wildman–Crippen LogP) is 7.77. The molecule has 4 aromatic carbocycles. The smallest absolute Gasteiger partial charge is 0.0366 e. The molecule has 140 valence electrons. The Morgan fingerprint density at radius 1 is 0.750 bits per heavy atom. The molecule has 0 N–H and O–H groups in total. The first-order valence-corrected chi connectivity index (χ1v) is 10.6. The lowest BCUT2D eigenvalue weighted by atomic mass is 9.96. The van der Waals surface area contributed by atoms with Crippen molar-refractivity contribution in [3.63, 3.8) is 0 Å². The fourth-order valence-electron chi connectivity index (χ4n) is 3.83. The van der Waals surface area contributed by atoms with E-state index in [1.165, 1.54) is 38.4 Å². The molecule has 0 unspecified atom stereocenters. The van der Waals surface area contributed by atoms with E-state index in [9.17, 15) is 0 Å². The van der Waals surface area contributed by atoms with Crippen molar-refractivity contribution in [1.82, 2.24) is 0 Å². The molecule has 0 aliphatic heterocycles. The van der Waals surface area contributed by atoms with Crippen LogP contribution in [-0.4, -0.2) is 13.1 Å². The molecule has 0 saturated carbocycles. The summed E-state index contributed by atoms with van der Waals surface area (Å²) in [5, 5.41) is 5.06. The van der Waals surface area contributed by atoms with Crippen molar-refractivity contribution in [2.45, 2.75) is 13.8 Å². The van der Waals surface area contributed by atoms with Gasteiger partial charge in [-0.2, -0.15) is 0 Å². The van der Waals surface area contributed by atoms with Crippen molar-refractivity contribution < 1.29 is 0 Å². The van der Waals surface area contributed by atoms with Crippen LogP contribution in [0.3, 0.4) is 0 Å². The maximum Gasteiger partial charge on any atom is 0.0366 e. The zero-order valence-electron chi connectivity index (χ0n) is 16.3. The van der Waals surface area contributed by atoms with Gasteiger partial charge in [-0.15, -0.1) is 0 Å². The van der Waals surface area contributed by atoms with Crippen LogP contribution in [0.1, 0.15) is 25.0 Å². The van der Waals surface area contributed by atoms with E-state index in [4.69, 9.17) is 0 Å². The Balaban J connectivity index is 1.79. The highest BCUT2D eigenvalue weighted by molar-refractivity contribution is 9.10. The van der Waals surface area contributed by atoms with Gasteiger partial charge in [0.25, 0.3) is 0 Å². The maximum absolute atomic E-state index is 3.72. The summed E-state index contributed by atoms with van der Waals surface area (Å²) in [7, 11) is 0. The summed E-state index contributed by atoms with van der Waals surface area (Å²) >= 11 is 3.72. The lowest BCUT2D eigenvalue weighted by Crippen LogP contribution is -2.21. The number of hydrogen-bond donors (Lipinski definition) is 0. The molecule has 0 bridgehead atoms. The quantitative estimate of drug-likeness (QED) is 0.231. The average Bonchev–Trinajstić information content (AvgIpc) is 2.74. The summed E-state index contributed by atoms with van der Waals surface area (Å²) in [6.45, 7) is 6.45.